The summed E-state index contributed by atoms with van der Waals surface area (Å²) in [6, 6.07) is 0. The predicted octanol–water partition coefficient (Wildman–Crippen LogP) is 0.236. The molecule has 0 rings (SSSR count). The first kappa shape index (κ1) is 18.0. The van der Waals surface area contributed by atoms with Crippen LogP contribution >= 0.6 is 7.60 Å². The van der Waals surface area contributed by atoms with Crippen LogP contribution in [0.15, 0.2) is 0 Å². The van der Waals surface area contributed by atoms with E-state index in [1.54, 1.807) is 13.8 Å². The molecule has 0 spiro atoms. The van der Waals surface area contributed by atoms with E-state index < -0.39 is 13.6 Å². The summed E-state index contributed by atoms with van der Waals surface area (Å²) in [6.45, 7) is 3.67. The van der Waals surface area contributed by atoms with Crippen LogP contribution in [0.1, 0.15) is 13.8 Å². The van der Waals surface area contributed by atoms with E-state index in [0.717, 1.165) is 0 Å². The van der Waals surface area contributed by atoms with Gasteiger partial charge in [0.1, 0.15) is 0 Å². The average molecular weight is 249 g/mol. The van der Waals surface area contributed by atoms with Crippen molar-refractivity contribution in [2.75, 3.05) is 26.0 Å². The Morgan fingerprint density at radius 2 is 1.80 bits per heavy atom. The molecule has 0 aliphatic carbocycles. The van der Waals surface area contributed by atoms with E-state index in [1.807, 2.05) is 0 Å². The third-order valence-electron chi connectivity index (χ3n) is 1.23. The van der Waals surface area contributed by atoms with Crippen LogP contribution < -0.4 is 5.32 Å². The van der Waals surface area contributed by atoms with Crippen LogP contribution in [-0.4, -0.2) is 66.7 Å². The van der Waals surface area contributed by atoms with Gasteiger partial charge in [0.15, 0.2) is 0 Å². The Balaban J connectivity index is 0. The molecule has 0 aromatic rings. The molecule has 0 amide bonds. The van der Waals surface area contributed by atoms with Crippen LogP contribution in [0.3, 0.4) is 0 Å². The quantitative estimate of drug-likeness (QED) is 0.473. The Kier molecular flexibility index (Phi) is 11.7. The molecule has 0 bridgehead atoms. The Bertz CT molecular complexity index is 215. The molecular formula is C7H17NNaO5P. The van der Waals surface area contributed by atoms with Crippen LogP contribution in [0, 0.1) is 0 Å². The van der Waals surface area contributed by atoms with Crippen molar-refractivity contribution in [3.8, 4) is 0 Å². The summed E-state index contributed by atoms with van der Waals surface area (Å²) in [5.74, 6) is -1.01. The maximum atomic E-state index is 11.7. The molecule has 0 fully saturated rings. The van der Waals surface area contributed by atoms with Gasteiger partial charge in [0.05, 0.1) is 26.0 Å². The number of carboxylic acid groups (broad SMARTS) is 1. The molecule has 8 heteroatoms. The number of rotatable bonds is 8. The van der Waals surface area contributed by atoms with Crippen molar-refractivity contribution in [3.63, 3.8) is 0 Å². The standard InChI is InChI=1S/C7H16NO5P.Na.H/c1-3-12-14(11,13-4-2)6-8-5-7(9)10;;/h8H,3-6H2,1-2H3,(H,9,10);;. The summed E-state index contributed by atoms with van der Waals surface area (Å²) in [4.78, 5) is 10.2. The van der Waals surface area contributed by atoms with Crippen molar-refractivity contribution in [3.05, 3.63) is 0 Å². The molecule has 2 N–H and O–H groups in total. The normalized spacial score (nSPS) is 10.8. The number of carboxylic acids is 1. The second kappa shape index (κ2) is 9.78. The van der Waals surface area contributed by atoms with Crippen LogP contribution in [-0.2, 0) is 18.4 Å². The SMILES string of the molecule is CCOP(=O)(CNCC(=O)O)OCC.[NaH]. The average Bonchev–Trinajstić information content (AvgIpc) is 2.03. The van der Waals surface area contributed by atoms with Gasteiger partial charge in [-0.1, -0.05) is 0 Å². The van der Waals surface area contributed by atoms with E-state index in [9.17, 15) is 9.36 Å². The van der Waals surface area contributed by atoms with Crippen molar-refractivity contribution in [1.82, 2.24) is 5.32 Å². The number of hydrogen-bond acceptors (Lipinski definition) is 5. The van der Waals surface area contributed by atoms with Crippen molar-refractivity contribution in [2.45, 2.75) is 13.8 Å². The molecule has 0 radical (unpaired) electrons. The van der Waals surface area contributed by atoms with E-state index in [1.165, 1.54) is 0 Å². The number of aliphatic carboxylic acids is 1. The molecule has 0 heterocycles. The van der Waals surface area contributed by atoms with Crippen LogP contribution in [0.25, 0.3) is 0 Å². The first-order chi connectivity index (χ1) is 6.54. The maximum absolute atomic E-state index is 11.7. The topological polar surface area (TPSA) is 84.9 Å². The van der Waals surface area contributed by atoms with Gasteiger partial charge in [-0.25, -0.2) is 0 Å². The summed E-state index contributed by atoms with van der Waals surface area (Å²) < 4.78 is 21.6. The Hall–Kier alpha value is 0.580. The number of nitrogens with one attached hydrogen (secondary N) is 1. The van der Waals surface area contributed by atoms with Crippen LogP contribution in [0.4, 0.5) is 0 Å². The molecule has 15 heavy (non-hydrogen) atoms. The zero-order valence-electron chi connectivity index (χ0n) is 8.36. The summed E-state index contributed by atoms with van der Waals surface area (Å²) >= 11 is 0. The van der Waals surface area contributed by atoms with Gasteiger partial charge in [-0.3, -0.25) is 14.7 Å². The first-order valence-corrected chi connectivity index (χ1v) is 6.07. The third kappa shape index (κ3) is 9.51. The van der Waals surface area contributed by atoms with E-state index in [-0.39, 0.29) is 55.6 Å². The zero-order chi connectivity index (χ0) is 11.0. The van der Waals surface area contributed by atoms with Crippen LogP contribution in [0.5, 0.6) is 0 Å². The fraction of sp³-hybridized carbons (Fsp3) is 0.857. The monoisotopic (exact) mass is 249 g/mol. The predicted molar refractivity (Wildman–Crippen MR) is 58.5 cm³/mol. The molecule has 0 atom stereocenters. The molecular weight excluding hydrogens is 232 g/mol. The second-order valence-corrected chi connectivity index (χ2v) is 4.48. The summed E-state index contributed by atoms with van der Waals surface area (Å²) in [5, 5.41) is 10.8. The molecule has 0 aliphatic heterocycles. The van der Waals surface area contributed by atoms with E-state index in [0.29, 0.717) is 0 Å². The molecule has 0 saturated carbocycles. The van der Waals surface area contributed by atoms with Crippen LogP contribution in [0.2, 0.25) is 0 Å². The van der Waals surface area contributed by atoms with Gasteiger partial charge in [-0.15, -0.1) is 0 Å². The number of carbonyl (C=O) groups is 1. The molecule has 6 nitrogen and oxygen atoms in total. The molecule has 0 saturated heterocycles. The molecule has 0 aliphatic rings. The van der Waals surface area contributed by atoms with Gasteiger partial charge in [0.2, 0.25) is 0 Å². The number of hydrogen-bond donors (Lipinski definition) is 2. The Labute approximate surface area is 112 Å². The molecule has 0 aromatic heterocycles. The minimum absolute atomic E-state index is 0. The van der Waals surface area contributed by atoms with Gasteiger partial charge in [0, 0.05) is 0 Å². The third-order valence-corrected chi connectivity index (χ3v) is 3.15. The summed E-state index contributed by atoms with van der Waals surface area (Å²) in [5.41, 5.74) is 0. The van der Waals surface area contributed by atoms with Crippen molar-refractivity contribution >= 4 is 43.1 Å². The second-order valence-electron chi connectivity index (χ2n) is 2.43. The molecule has 0 aromatic carbocycles. The zero-order valence-corrected chi connectivity index (χ0v) is 9.25. The van der Waals surface area contributed by atoms with E-state index in [2.05, 4.69) is 5.32 Å². The van der Waals surface area contributed by atoms with Crippen molar-refractivity contribution in [2.24, 2.45) is 0 Å². The van der Waals surface area contributed by atoms with Gasteiger partial charge in [-0.2, -0.15) is 0 Å². The first-order valence-electron chi connectivity index (χ1n) is 4.34. The summed E-state index contributed by atoms with van der Waals surface area (Å²) in [7, 11) is -3.15. The minimum atomic E-state index is -3.15. The molecule has 86 valence electrons. The Morgan fingerprint density at radius 1 is 1.33 bits per heavy atom. The fourth-order valence-electron chi connectivity index (χ4n) is 0.822. The van der Waals surface area contributed by atoms with Crippen molar-refractivity contribution < 1.29 is 23.5 Å². The fourth-order valence-corrected chi connectivity index (χ4v) is 2.25. The Morgan fingerprint density at radius 3 is 2.13 bits per heavy atom. The van der Waals surface area contributed by atoms with Crippen molar-refractivity contribution in [1.29, 1.82) is 0 Å². The summed E-state index contributed by atoms with van der Waals surface area (Å²) in [6.07, 6.45) is -0.0824. The van der Waals surface area contributed by atoms with Gasteiger partial charge < -0.3 is 14.2 Å². The molecule has 0 unspecified atom stereocenters. The van der Waals surface area contributed by atoms with E-state index >= 15 is 0 Å². The van der Waals surface area contributed by atoms with Gasteiger partial charge in [-0.05, 0) is 13.8 Å². The van der Waals surface area contributed by atoms with Gasteiger partial charge >= 0.3 is 43.1 Å². The van der Waals surface area contributed by atoms with Gasteiger partial charge in [0.25, 0.3) is 0 Å². The van der Waals surface area contributed by atoms with E-state index in [4.69, 9.17) is 14.2 Å².